The van der Waals surface area contributed by atoms with Crippen LogP contribution in [0.4, 0.5) is 13.2 Å². The van der Waals surface area contributed by atoms with Crippen LogP contribution in [0.15, 0.2) is 24.3 Å². The van der Waals surface area contributed by atoms with Gasteiger partial charge in [-0.25, -0.2) is 4.79 Å². The molecule has 16 heavy (non-hydrogen) atoms. The molecule has 0 saturated heterocycles. The number of allylic oxidation sites excluding steroid dienone is 1. The van der Waals surface area contributed by atoms with E-state index < -0.39 is 23.3 Å². The Morgan fingerprint density at radius 2 is 2.00 bits per heavy atom. The van der Waals surface area contributed by atoms with E-state index in [2.05, 4.69) is 0 Å². The molecule has 0 radical (unpaired) electrons. The van der Waals surface area contributed by atoms with Gasteiger partial charge in [-0.2, -0.15) is 13.2 Å². The fourth-order valence-corrected chi connectivity index (χ4v) is 1.63. The Hall–Kier alpha value is -1.78. The molecule has 0 aromatic heterocycles. The number of alkyl halides is 3. The van der Waals surface area contributed by atoms with Crippen LogP contribution in [0.1, 0.15) is 28.4 Å². The van der Waals surface area contributed by atoms with Crippen LogP contribution < -0.4 is 0 Å². The smallest absolute Gasteiger partial charge is 0.417 e. The molecule has 2 rings (SSSR count). The van der Waals surface area contributed by atoms with Gasteiger partial charge in [0.1, 0.15) is 5.76 Å². The Kier molecular flexibility index (Phi) is 2.26. The fraction of sp³-hybridized carbons (Fsp3) is 0.182. The molecule has 1 aliphatic heterocycles. The summed E-state index contributed by atoms with van der Waals surface area (Å²) in [5.41, 5.74) is -1.16. The first kappa shape index (κ1) is 10.7. The van der Waals surface area contributed by atoms with Crippen molar-refractivity contribution in [2.24, 2.45) is 0 Å². The molecule has 1 aromatic carbocycles. The minimum Gasteiger partial charge on any atom is -0.423 e. The lowest BCUT2D eigenvalue weighted by atomic mass is 10.0. The van der Waals surface area contributed by atoms with E-state index in [1.165, 1.54) is 18.2 Å². The maximum absolute atomic E-state index is 12.6. The number of hydrogen-bond acceptors (Lipinski definition) is 2. The van der Waals surface area contributed by atoms with Gasteiger partial charge in [0.05, 0.1) is 11.1 Å². The number of cyclic esters (lactones) is 1. The Labute approximate surface area is 89.3 Å². The number of halogens is 3. The molecule has 1 aliphatic rings. The molecule has 0 fully saturated rings. The Morgan fingerprint density at radius 1 is 1.31 bits per heavy atom. The van der Waals surface area contributed by atoms with Crippen molar-refractivity contribution in [1.82, 2.24) is 0 Å². The van der Waals surface area contributed by atoms with Crippen LogP contribution in [-0.2, 0) is 10.9 Å². The van der Waals surface area contributed by atoms with Crippen molar-refractivity contribution in [2.75, 3.05) is 0 Å². The van der Waals surface area contributed by atoms with Gasteiger partial charge in [-0.3, -0.25) is 0 Å². The highest BCUT2D eigenvalue weighted by Gasteiger charge is 2.40. The first-order valence-electron chi connectivity index (χ1n) is 4.54. The molecule has 1 heterocycles. The highest BCUT2D eigenvalue weighted by atomic mass is 19.4. The quantitative estimate of drug-likeness (QED) is 0.637. The van der Waals surface area contributed by atoms with E-state index in [9.17, 15) is 18.0 Å². The number of carbonyl (C=O) groups excluding carboxylic acids is 1. The topological polar surface area (TPSA) is 26.3 Å². The zero-order chi connectivity index (χ0) is 11.9. The van der Waals surface area contributed by atoms with Crippen molar-refractivity contribution >= 4 is 11.7 Å². The van der Waals surface area contributed by atoms with Gasteiger partial charge in [-0.15, -0.1) is 0 Å². The minimum atomic E-state index is -4.55. The maximum Gasteiger partial charge on any atom is 0.417 e. The zero-order valence-electron chi connectivity index (χ0n) is 8.26. The van der Waals surface area contributed by atoms with E-state index in [1.807, 2.05) is 0 Å². The van der Waals surface area contributed by atoms with E-state index in [0.717, 1.165) is 6.07 Å². The Bertz CT molecular complexity index is 486. The first-order valence-corrected chi connectivity index (χ1v) is 4.54. The second-order valence-electron chi connectivity index (χ2n) is 3.27. The molecule has 0 aliphatic carbocycles. The van der Waals surface area contributed by atoms with Crippen LogP contribution in [0.2, 0.25) is 0 Å². The van der Waals surface area contributed by atoms with E-state index in [4.69, 9.17) is 4.74 Å². The lowest BCUT2D eigenvalue weighted by Gasteiger charge is -2.08. The van der Waals surface area contributed by atoms with Gasteiger partial charge in [0.15, 0.2) is 0 Å². The highest BCUT2D eigenvalue weighted by molar-refractivity contribution is 6.04. The predicted octanol–water partition coefficient (Wildman–Crippen LogP) is 3.24. The summed E-state index contributed by atoms with van der Waals surface area (Å²) in [6.45, 7) is 1.60. The zero-order valence-corrected chi connectivity index (χ0v) is 8.26. The normalized spacial score (nSPS) is 17.5. The number of esters is 1. The SMILES string of the molecule is C/C=C1\OC(=O)c2c1cccc2C(F)(F)F. The number of fused-ring (bicyclic) bond motifs is 1. The maximum atomic E-state index is 12.6. The van der Waals surface area contributed by atoms with Crippen molar-refractivity contribution in [1.29, 1.82) is 0 Å². The molecule has 84 valence electrons. The lowest BCUT2D eigenvalue weighted by molar-refractivity contribution is -0.138. The van der Waals surface area contributed by atoms with Crippen molar-refractivity contribution < 1.29 is 22.7 Å². The van der Waals surface area contributed by atoms with Crippen LogP contribution >= 0.6 is 0 Å². The largest absolute Gasteiger partial charge is 0.423 e. The van der Waals surface area contributed by atoms with Gasteiger partial charge in [-0.1, -0.05) is 12.1 Å². The number of rotatable bonds is 0. The molecule has 0 N–H and O–H groups in total. The Balaban J connectivity index is 2.71. The van der Waals surface area contributed by atoms with Crippen molar-refractivity contribution in [3.05, 3.63) is 41.0 Å². The van der Waals surface area contributed by atoms with Crippen LogP contribution in [0, 0.1) is 0 Å². The monoisotopic (exact) mass is 228 g/mol. The van der Waals surface area contributed by atoms with Crippen LogP contribution in [0.25, 0.3) is 5.76 Å². The number of hydrogen-bond donors (Lipinski definition) is 0. The number of carbonyl (C=O) groups is 1. The fourth-order valence-electron chi connectivity index (χ4n) is 1.63. The van der Waals surface area contributed by atoms with Crippen LogP contribution in [-0.4, -0.2) is 5.97 Å². The molecule has 0 saturated carbocycles. The summed E-state index contributed by atoms with van der Waals surface area (Å²) in [7, 11) is 0. The molecule has 0 spiro atoms. The van der Waals surface area contributed by atoms with Crippen LogP contribution in [0.5, 0.6) is 0 Å². The summed E-state index contributed by atoms with van der Waals surface area (Å²) in [4.78, 5) is 11.3. The standard InChI is InChI=1S/C11H7F3O2/c1-2-8-6-4-3-5-7(11(12,13)14)9(6)10(15)16-8/h2-5H,1H3/b8-2-. The molecule has 0 atom stereocenters. The van der Waals surface area contributed by atoms with Crippen LogP contribution in [0.3, 0.4) is 0 Å². The van der Waals surface area contributed by atoms with Gasteiger partial charge < -0.3 is 4.74 Å². The summed E-state index contributed by atoms with van der Waals surface area (Å²) in [5.74, 6) is -0.776. The van der Waals surface area contributed by atoms with E-state index >= 15 is 0 Å². The summed E-state index contributed by atoms with van der Waals surface area (Å²) >= 11 is 0. The third-order valence-corrected chi connectivity index (χ3v) is 2.30. The van der Waals surface area contributed by atoms with Gasteiger partial charge in [-0.05, 0) is 19.1 Å². The lowest BCUT2D eigenvalue weighted by Crippen LogP contribution is -2.11. The van der Waals surface area contributed by atoms with Gasteiger partial charge in [0.25, 0.3) is 0 Å². The molecule has 0 amide bonds. The summed E-state index contributed by atoms with van der Waals surface area (Å²) in [5, 5.41) is 0. The molecule has 2 nitrogen and oxygen atoms in total. The molecule has 5 heteroatoms. The van der Waals surface area contributed by atoms with Gasteiger partial charge in [0.2, 0.25) is 0 Å². The summed E-state index contributed by atoms with van der Waals surface area (Å²) in [6.07, 6.45) is -3.09. The van der Waals surface area contributed by atoms with E-state index in [0.29, 0.717) is 0 Å². The van der Waals surface area contributed by atoms with E-state index in [-0.39, 0.29) is 11.3 Å². The third kappa shape index (κ3) is 1.48. The van der Waals surface area contributed by atoms with E-state index in [1.54, 1.807) is 6.92 Å². The minimum absolute atomic E-state index is 0.172. The molecule has 0 bridgehead atoms. The number of ether oxygens (including phenoxy) is 1. The van der Waals surface area contributed by atoms with Crippen molar-refractivity contribution in [2.45, 2.75) is 13.1 Å². The predicted molar refractivity (Wildman–Crippen MR) is 50.5 cm³/mol. The summed E-state index contributed by atoms with van der Waals surface area (Å²) in [6, 6.07) is 3.57. The molecular weight excluding hydrogens is 221 g/mol. The highest BCUT2D eigenvalue weighted by Crippen LogP contribution is 2.39. The average molecular weight is 228 g/mol. The first-order chi connectivity index (χ1) is 7.45. The third-order valence-electron chi connectivity index (χ3n) is 2.30. The second-order valence-corrected chi connectivity index (χ2v) is 3.27. The van der Waals surface area contributed by atoms with Gasteiger partial charge >= 0.3 is 12.1 Å². The van der Waals surface area contributed by atoms with Crippen molar-refractivity contribution in [3.63, 3.8) is 0 Å². The molecule has 1 aromatic rings. The number of benzene rings is 1. The second kappa shape index (κ2) is 3.37. The summed E-state index contributed by atoms with van der Waals surface area (Å²) < 4.78 is 42.6. The molecular formula is C11H7F3O2. The van der Waals surface area contributed by atoms with Gasteiger partial charge in [0, 0.05) is 5.56 Å². The average Bonchev–Trinajstić information content (AvgIpc) is 2.54. The van der Waals surface area contributed by atoms with Crippen molar-refractivity contribution in [3.8, 4) is 0 Å². The molecule has 0 unspecified atom stereocenters. The Morgan fingerprint density at radius 3 is 2.56 bits per heavy atom.